The van der Waals surface area contributed by atoms with Gasteiger partial charge in [0.15, 0.2) is 5.95 Å². The van der Waals surface area contributed by atoms with Gasteiger partial charge < -0.3 is 15.5 Å². The van der Waals surface area contributed by atoms with Crippen LogP contribution in [0.4, 0.5) is 5.95 Å². The summed E-state index contributed by atoms with van der Waals surface area (Å²) < 4.78 is 5.47. The van der Waals surface area contributed by atoms with Gasteiger partial charge in [0, 0.05) is 5.02 Å². The predicted molar refractivity (Wildman–Crippen MR) is 58.8 cm³/mol. The van der Waals surface area contributed by atoms with Crippen LogP contribution in [0.5, 0.6) is 5.75 Å². The highest BCUT2D eigenvalue weighted by Gasteiger charge is 1.98. The molecular weight excluding hydrogens is 214 g/mol. The number of ether oxygens (including phenoxy) is 1. The Balaban J connectivity index is 1.96. The molecule has 0 bridgehead atoms. The van der Waals surface area contributed by atoms with Crippen molar-refractivity contribution < 1.29 is 4.74 Å². The number of nitrogen functional groups attached to an aromatic ring is 1. The van der Waals surface area contributed by atoms with Gasteiger partial charge in [0.25, 0.3) is 0 Å². The number of nitrogens with two attached hydrogens (primary N) is 1. The number of imidazole rings is 1. The Morgan fingerprint density at radius 3 is 2.67 bits per heavy atom. The molecule has 1 aromatic carbocycles. The highest BCUT2D eigenvalue weighted by Crippen LogP contribution is 2.16. The third-order valence-electron chi connectivity index (χ3n) is 1.86. The van der Waals surface area contributed by atoms with Gasteiger partial charge in [0.1, 0.15) is 12.4 Å². The first-order valence-corrected chi connectivity index (χ1v) is 4.79. The minimum absolute atomic E-state index is 0.393. The third kappa shape index (κ3) is 2.63. The van der Waals surface area contributed by atoms with Gasteiger partial charge in [0.2, 0.25) is 0 Å². The fourth-order valence-corrected chi connectivity index (χ4v) is 1.27. The first-order valence-electron chi connectivity index (χ1n) is 4.42. The maximum Gasteiger partial charge on any atom is 0.197 e. The van der Waals surface area contributed by atoms with Crippen LogP contribution in [0.1, 0.15) is 5.69 Å². The summed E-state index contributed by atoms with van der Waals surface area (Å²) in [6.07, 6.45) is 1.64. The molecular formula is C10H10ClN3O. The lowest BCUT2D eigenvalue weighted by Crippen LogP contribution is -1.95. The van der Waals surface area contributed by atoms with Crippen molar-refractivity contribution in [3.05, 3.63) is 41.2 Å². The smallest absolute Gasteiger partial charge is 0.197 e. The number of H-pyrrole nitrogens is 1. The number of anilines is 1. The van der Waals surface area contributed by atoms with Crippen LogP contribution < -0.4 is 10.5 Å². The molecule has 78 valence electrons. The molecule has 4 nitrogen and oxygen atoms in total. The summed E-state index contributed by atoms with van der Waals surface area (Å²) in [7, 11) is 0. The number of aromatic nitrogens is 2. The van der Waals surface area contributed by atoms with E-state index in [1.165, 1.54) is 0 Å². The Bertz CT molecular complexity index is 438. The average molecular weight is 224 g/mol. The number of nitrogens with one attached hydrogen (secondary N) is 1. The molecule has 3 N–H and O–H groups in total. The summed E-state index contributed by atoms with van der Waals surface area (Å²) in [6.45, 7) is 0.409. The summed E-state index contributed by atoms with van der Waals surface area (Å²) in [4.78, 5) is 6.74. The number of benzene rings is 1. The molecule has 0 atom stereocenters. The van der Waals surface area contributed by atoms with E-state index in [9.17, 15) is 0 Å². The number of hydrogen-bond donors (Lipinski definition) is 2. The van der Waals surface area contributed by atoms with Gasteiger partial charge in [-0.15, -0.1) is 0 Å². The van der Waals surface area contributed by atoms with Crippen LogP contribution in [-0.4, -0.2) is 9.97 Å². The summed E-state index contributed by atoms with van der Waals surface area (Å²) in [5.74, 6) is 1.15. The van der Waals surface area contributed by atoms with E-state index >= 15 is 0 Å². The van der Waals surface area contributed by atoms with Crippen LogP contribution in [0.25, 0.3) is 0 Å². The zero-order valence-electron chi connectivity index (χ0n) is 7.90. The van der Waals surface area contributed by atoms with Gasteiger partial charge in [-0.3, -0.25) is 0 Å². The lowest BCUT2D eigenvalue weighted by atomic mass is 10.3. The van der Waals surface area contributed by atoms with Crippen molar-refractivity contribution in [3.8, 4) is 5.75 Å². The number of hydrogen-bond acceptors (Lipinski definition) is 3. The van der Waals surface area contributed by atoms with Crippen molar-refractivity contribution >= 4 is 17.5 Å². The fraction of sp³-hybridized carbons (Fsp3) is 0.100. The quantitative estimate of drug-likeness (QED) is 0.839. The largest absolute Gasteiger partial charge is 0.487 e. The molecule has 1 heterocycles. The summed E-state index contributed by atoms with van der Waals surface area (Å²) in [5.41, 5.74) is 6.26. The van der Waals surface area contributed by atoms with Gasteiger partial charge >= 0.3 is 0 Å². The lowest BCUT2D eigenvalue weighted by Gasteiger charge is -2.03. The van der Waals surface area contributed by atoms with Crippen LogP contribution in [0.2, 0.25) is 5.02 Å². The Kier molecular flexibility index (Phi) is 2.78. The van der Waals surface area contributed by atoms with Gasteiger partial charge in [-0.05, 0) is 24.3 Å². The molecule has 0 amide bonds. The zero-order chi connectivity index (χ0) is 10.7. The van der Waals surface area contributed by atoms with E-state index < -0.39 is 0 Å². The molecule has 0 saturated carbocycles. The first kappa shape index (κ1) is 9.86. The van der Waals surface area contributed by atoms with Crippen LogP contribution >= 0.6 is 11.6 Å². The SMILES string of the molecule is Nc1ncc(COc2ccc(Cl)cc2)[nH]1. The normalized spacial score (nSPS) is 10.2. The van der Waals surface area contributed by atoms with E-state index in [1.54, 1.807) is 18.3 Å². The van der Waals surface area contributed by atoms with E-state index in [0.29, 0.717) is 17.6 Å². The third-order valence-corrected chi connectivity index (χ3v) is 2.11. The topological polar surface area (TPSA) is 63.9 Å². The Morgan fingerprint density at radius 1 is 1.33 bits per heavy atom. The van der Waals surface area contributed by atoms with Crippen LogP contribution in [-0.2, 0) is 6.61 Å². The van der Waals surface area contributed by atoms with Gasteiger partial charge in [-0.2, -0.15) is 0 Å². The highest BCUT2D eigenvalue weighted by atomic mass is 35.5. The van der Waals surface area contributed by atoms with Crippen LogP contribution in [0.15, 0.2) is 30.5 Å². The average Bonchev–Trinajstić information content (AvgIpc) is 2.64. The Morgan fingerprint density at radius 2 is 2.07 bits per heavy atom. The Labute approximate surface area is 92.0 Å². The molecule has 0 aliphatic carbocycles. The van der Waals surface area contributed by atoms with E-state index in [0.717, 1.165) is 11.4 Å². The number of rotatable bonds is 3. The Hall–Kier alpha value is -1.68. The molecule has 0 spiro atoms. The van der Waals surface area contributed by atoms with Gasteiger partial charge in [-0.1, -0.05) is 11.6 Å². The molecule has 0 aliphatic rings. The molecule has 0 saturated heterocycles. The minimum atomic E-state index is 0.393. The standard InChI is InChI=1S/C10H10ClN3O/c11-7-1-3-9(4-2-7)15-6-8-5-13-10(12)14-8/h1-5H,6H2,(H3,12,13,14). The number of halogens is 1. The first-order chi connectivity index (χ1) is 7.24. The van der Waals surface area contributed by atoms with Crippen LogP contribution in [0.3, 0.4) is 0 Å². The second-order valence-corrected chi connectivity index (χ2v) is 3.47. The molecule has 5 heteroatoms. The maximum absolute atomic E-state index is 5.74. The van der Waals surface area contributed by atoms with Crippen molar-refractivity contribution in [3.63, 3.8) is 0 Å². The molecule has 1 aromatic heterocycles. The molecule has 2 rings (SSSR count). The second-order valence-electron chi connectivity index (χ2n) is 3.04. The van der Waals surface area contributed by atoms with E-state index in [1.807, 2.05) is 12.1 Å². The van der Waals surface area contributed by atoms with Crippen molar-refractivity contribution in [1.82, 2.24) is 9.97 Å². The molecule has 0 radical (unpaired) electrons. The predicted octanol–water partition coefficient (Wildman–Crippen LogP) is 2.22. The number of nitrogens with zero attached hydrogens (tertiary/aromatic N) is 1. The van der Waals surface area contributed by atoms with E-state index in [4.69, 9.17) is 22.1 Å². The molecule has 0 fully saturated rings. The van der Waals surface area contributed by atoms with Crippen LogP contribution in [0, 0.1) is 0 Å². The van der Waals surface area contributed by atoms with Crippen molar-refractivity contribution in [1.29, 1.82) is 0 Å². The summed E-state index contributed by atoms with van der Waals surface area (Å²) in [5, 5.41) is 0.688. The van der Waals surface area contributed by atoms with Gasteiger partial charge in [-0.25, -0.2) is 4.98 Å². The van der Waals surface area contributed by atoms with Gasteiger partial charge in [0.05, 0.1) is 11.9 Å². The molecule has 2 aromatic rings. The van der Waals surface area contributed by atoms with E-state index in [2.05, 4.69) is 9.97 Å². The number of aromatic amines is 1. The lowest BCUT2D eigenvalue weighted by molar-refractivity contribution is 0.302. The monoisotopic (exact) mass is 223 g/mol. The highest BCUT2D eigenvalue weighted by molar-refractivity contribution is 6.30. The molecule has 0 unspecified atom stereocenters. The van der Waals surface area contributed by atoms with Crippen molar-refractivity contribution in [2.75, 3.05) is 5.73 Å². The van der Waals surface area contributed by atoms with Crippen molar-refractivity contribution in [2.45, 2.75) is 6.61 Å². The molecule has 15 heavy (non-hydrogen) atoms. The van der Waals surface area contributed by atoms with E-state index in [-0.39, 0.29) is 0 Å². The molecule has 0 aliphatic heterocycles. The fourth-order valence-electron chi connectivity index (χ4n) is 1.14. The zero-order valence-corrected chi connectivity index (χ0v) is 8.66. The maximum atomic E-state index is 5.74. The van der Waals surface area contributed by atoms with Crippen molar-refractivity contribution in [2.24, 2.45) is 0 Å². The summed E-state index contributed by atoms with van der Waals surface area (Å²) in [6, 6.07) is 7.17. The summed E-state index contributed by atoms with van der Waals surface area (Å²) >= 11 is 5.74. The second kappa shape index (κ2) is 4.23. The minimum Gasteiger partial charge on any atom is -0.487 e.